The van der Waals surface area contributed by atoms with Crippen LogP contribution < -0.4 is 11.1 Å². The zero-order chi connectivity index (χ0) is 12.8. The van der Waals surface area contributed by atoms with Crippen molar-refractivity contribution in [2.45, 2.75) is 58.3 Å². The maximum atomic E-state index is 10.3. The first kappa shape index (κ1) is 16.2. The first-order valence-electron chi connectivity index (χ1n) is 6.90. The Bertz CT molecular complexity index is 175. The summed E-state index contributed by atoms with van der Waals surface area (Å²) in [5.74, 6) is 0. The van der Waals surface area contributed by atoms with Gasteiger partial charge in [0.05, 0.1) is 0 Å². The van der Waals surface area contributed by atoms with Crippen LogP contribution in [0.25, 0.3) is 0 Å². The van der Waals surface area contributed by atoms with Crippen molar-refractivity contribution in [3.8, 4) is 0 Å². The molecule has 0 atom stereocenters. The monoisotopic (exact) mass is 244 g/mol. The van der Waals surface area contributed by atoms with Crippen molar-refractivity contribution in [1.82, 2.24) is 5.32 Å². The van der Waals surface area contributed by atoms with Gasteiger partial charge in [-0.05, 0) is 13.0 Å². The highest BCUT2D eigenvalue weighted by molar-refractivity contribution is 5.64. The van der Waals surface area contributed by atoms with Gasteiger partial charge in [-0.1, -0.05) is 51.9 Å². The molecule has 0 aliphatic rings. The molecular formula is C13H28N2O2. The Morgan fingerprint density at radius 2 is 1.59 bits per heavy atom. The van der Waals surface area contributed by atoms with Crippen LogP contribution >= 0.6 is 0 Å². The van der Waals surface area contributed by atoms with E-state index >= 15 is 0 Å². The summed E-state index contributed by atoms with van der Waals surface area (Å²) in [5, 5.41) is 3.22. The van der Waals surface area contributed by atoms with Gasteiger partial charge in [-0.3, -0.25) is 0 Å². The Balaban J connectivity index is 2.91. The van der Waals surface area contributed by atoms with Crippen molar-refractivity contribution in [2.75, 3.05) is 19.7 Å². The highest BCUT2D eigenvalue weighted by Gasteiger charge is 1.93. The van der Waals surface area contributed by atoms with E-state index in [1.54, 1.807) is 0 Å². The van der Waals surface area contributed by atoms with E-state index in [0.717, 1.165) is 6.54 Å². The van der Waals surface area contributed by atoms with Crippen molar-refractivity contribution in [1.29, 1.82) is 0 Å². The Morgan fingerprint density at radius 3 is 2.18 bits per heavy atom. The molecule has 17 heavy (non-hydrogen) atoms. The SMILES string of the molecule is CCCCCCCCCCNCCOC(N)=O. The van der Waals surface area contributed by atoms with E-state index in [4.69, 9.17) is 5.73 Å². The van der Waals surface area contributed by atoms with E-state index in [1.165, 1.54) is 51.4 Å². The molecule has 102 valence electrons. The number of hydrogen-bond donors (Lipinski definition) is 2. The van der Waals surface area contributed by atoms with Gasteiger partial charge < -0.3 is 15.8 Å². The standard InChI is InChI=1S/C13H28N2O2/c1-2-3-4-5-6-7-8-9-10-15-11-12-17-13(14)16/h15H,2-12H2,1H3,(H2,14,16). The summed E-state index contributed by atoms with van der Waals surface area (Å²) in [6, 6.07) is 0. The van der Waals surface area contributed by atoms with Gasteiger partial charge in [0.25, 0.3) is 0 Å². The van der Waals surface area contributed by atoms with Crippen LogP contribution in [0.4, 0.5) is 4.79 Å². The Labute approximate surface area is 105 Å². The van der Waals surface area contributed by atoms with E-state index in [9.17, 15) is 4.79 Å². The van der Waals surface area contributed by atoms with Crippen LogP contribution in [0.15, 0.2) is 0 Å². The van der Waals surface area contributed by atoms with Crippen molar-refractivity contribution in [2.24, 2.45) is 5.73 Å². The maximum absolute atomic E-state index is 10.3. The molecule has 0 aromatic heterocycles. The average Bonchev–Trinajstić information content (AvgIpc) is 2.30. The van der Waals surface area contributed by atoms with E-state index < -0.39 is 6.09 Å². The minimum Gasteiger partial charge on any atom is -0.448 e. The van der Waals surface area contributed by atoms with Crippen molar-refractivity contribution in [3.05, 3.63) is 0 Å². The van der Waals surface area contributed by atoms with Crippen LogP contribution in [0, 0.1) is 0 Å². The number of amides is 1. The number of nitrogens with one attached hydrogen (secondary N) is 1. The molecular weight excluding hydrogens is 216 g/mol. The Kier molecular flexibility index (Phi) is 12.7. The second-order valence-electron chi connectivity index (χ2n) is 4.39. The summed E-state index contributed by atoms with van der Waals surface area (Å²) in [6.07, 6.45) is 9.96. The summed E-state index contributed by atoms with van der Waals surface area (Å²) in [5.41, 5.74) is 4.83. The topological polar surface area (TPSA) is 64.3 Å². The lowest BCUT2D eigenvalue weighted by molar-refractivity contribution is 0.157. The molecule has 0 heterocycles. The Morgan fingerprint density at radius 1 is 1.00 bits per heavy atom. The number of hydrogen-bond acceptors (Lipinski definition) is 3. The number of carbonyl (C=O) groups excluding carboxylic acids is 1. The zero-order valence-corrected chi connectivity index (χ0v) is 11.2. The molecule has 0 aliphatic carbocycles. The summed E-state index contributed by atoms with van der Waals surface area (Å²) in [7, 11) is 0. The number of unbranched alkanes of at least 4 members (excludes halogenated alkanes) is 7. The summed E-state index contributed by atoms with van der Waals surface area (Å²) < 4.78 is 4.60. The fraction of sp³-hybridized carbons (Fsp3) is 0.923. The molecule has 0 saturated carbocycles. The van der Waals surface area contributed by atoms with Crippen LogP contribution in [-0.2, 0) is 4.74 Å². The molecule has 0 aromatic carbocycles. The van der Waals surface area contributed by atoms with Gasteiger partial charge >= 0.3 is 6.09 Å². The molecule has 0 spiro atoms. The molecule has 4 heteroatoms. The summed E-state index contributed by atoms with van der Waals surface area (Å²) >= 11 is 0. The lowest BCUT2D eigenvalue weighted by Gasteiger charge is -2.04. The smallest absolute Gasteiger partial charge is 0.404 e. The normalized spacial score (nSPS) is 10.4. The summed E-state index contributed by atoms with van der Waals surface area (Å²) in [6.45, 7) is 4.30. The van der Waals surface area contributed by atoms with E-state index in [2.05, 4.69) is 17.0 Å². The Hall–Kier alpha value is -0.770. The van der Waals surface area contributed by atoms with Gasteiger partial charge in [0, 0.05) is 6.54 Å². The second-order valence-corrected chi connectivity index (χ2v) is 4.39. The molecule has 0 aromatic rings. The minimum absolute atomic E-state index is 0.367. The average molecular weight is 244 g/mol. The first-order chi connectivity index (χ1) is 8.27. The molecule has 0 radical (unpaired) electrons. The molecule has 3 N–H and O–H groups in total. The van der Waals surface area contributed by atoms with Crippen molar-refractivity contribution in [3.63, 3.8) is 0 Å². The van der Waals surface area contributed by atoms with Gasteiger partial charge in [-0.15, -0.1) is 0 Å². The minimum atomic E-state index is -0.695. The van der Waals surface area contributed by atoms with Crippen LogP contribution in [0.3, 0.4) is 0 Å². The molecule has 1 amide bonds. The number of rotatable bonds is 12. The lowest BCUT2D eigenvalue weighted by atomic mass is 10.1. The van der Waals surface area contributed by atoms with Crippen LogP contribution in [-0.4, -0.2) is 25.8 Å². The van der Waals surface area contributed by atoms with E-state index in [-0.39, 0.29) is 0 Å². The quantitative estimate of drug-likeness (QED) is 0.519. The predicted octanol–water partition coefficient (Wildman–Crippen LogP) is 2.81. The van der Waals surface area contributed by atoms with Gasteiger partial charge in [-0.25, -0.2) is 4.79 Å². The largest absolute Gasteiger partial charge is 0.448 e. The zero-order valence-electron chi connectivity index (χ0n) is 11.2. The lowest BCUT2D eigenvalue weighted by Crippen LogP contribution is -2.24. The van der Waals surface area contributed by atoms with Gasteiger partial charge in [0.2, 0.25) is 0 Å². The highest BCUT2D eigenvalue weighted by atomic mass is 16.5. The highest BCUT2D eigenvalue weighted by Crippen LogP contribution is 2.07. The predicted molar refractivity (Wildman–Crippen MR) is 71.0 cm³/mol. The molecule has 4 nitrogen and oxygen atoms in total. The fourth-order valence-corrected chi connectivity index (χ4v) is 1.73. The fourth-order valence-electron chi connectivity index (χ4n) is 1.73. The molecule has 0 fully saturated rings. The number of primary amides is 1. The molecule has 0 unspecified atom stereocenters. The van der Waals surface area contributed by atoms with Crippen LogP contribution in [0.5, 0.6) is 0 Å². The molecule has 0 rings (SSSR count). The van der Waals surface area contributed by atoms with Crippen molar-refractivity contribution < 1.29 is 9.53 Å². The second kappa shape index (κ2) is 13.3. The van der Waals surface area contributed by atoms with Gasteiger partial charge in [-0.2, -0.15) is 0 Å². The molecule has 0 aliphatic heterocycles. The van der Waals surface area contributed by atoms with Gasteiger partial charge in [0.1, 0.15) is 6.61 Å². The van der Waals surface area contributed by atoms with E-state index in [0.29, 0.717) is 13.2 Å². The van der Waals surface area contributed by atoms with Crippen molar-refractivity contribution >= 4 is 6.09 Å². The number of carbonyl (C=O) groups is 1. The number of ether oxygens (including phenoxy) is 1. The third kappa shape index (κ3) is 15.2. The van der Waals surface area contributed by atoms with Gasteiger partial charge in [0.15, 0.2) is 0 Å². The van der Waals surface area contributed by atoms with Crippen LogP contribution in [0.1, 0.15) is 58.3 Å². The van der Waals surface area contributed by atoms with Crippen LogP contribution in [0.2, 0.25) is 0 Å². The number of nitrogens with two attached hydrogens (primary N) is 1. The summed E-state index contributed by atoms with van der Waals surface area (Å²) in [4.78, 5) is 10.3. The molecule has 0 bridgehead atoms. The third-order valence-electron chi connectivity index (χ3n) is 2.73. The third-order valence-corrected chi connectivity index (χ3v) is 2.73. The molecule has 0 saturated heterocycles. The maximum Gasteiger partial charge on any atom is 0.404 e. The first-order valence-corrected chi connectivity index (χ1v) is 6.90. The van der Waals surface area contributed by atoms with E-state index in [1.807, 2.05) is 0 Å².